The number of aromatic hydroxyl groups is 1. The summed E-state index contributed by atoms with van der Waals surface area (Å²) in [6.07, 6.45) is 0. The second kappa shape index (κ2) is 6.39. The number of ether oxygens (including phenoxy) is 1. The highest BCUT2D eigenvalue weighted by molar-refractivity contribution is 6.30. The van der Waals surface area contributed by atoms with Crippen LogP contribution in [0.5, 0.6) is 11.5 Å². The maximum absolute atomic E-state index is 12.7. The number of phenolic OH excluding ortho intramolecular Hbond substituents is 1. The SMILES string of the molecule is Cc1cccc2c(=O)c3c(O)cc(OCc4ccc(Cl)cc4)cc3oc12. The Morgan fingerprint density at radius 2 is 1.88 bits per heavy atom. The van der Waals surface area contributed by atoms with Gasteiger partial charge in [-0.05, 0) is 36.2 Å². The molecule has 0 spiro atoms. The summed E-state index contributed by atoms with van der Waals surface area (Å²) in [4.78, 5) is 12.7. The van der Waals surface area contributed by atoms with Gasteiger partial charge in [-0.3, -0.25) is 4.79 Å². The predicted molar refractivity (Wildman–Crippen MR) is 102 cm³/mol. The van der Waals surface area contributed by atoms with Gasteiger partial charge in [-0.2, -0.15) is 0 Å². The zero-order valence-electron chi connectivity index (χ0n) is 14.0. The summed E-state index contributed by atoms with van der Waals surface area (Å²) in [7, 11) is 0. The van der Waals surface area contributed by atoms with E-state index in [1.807, 2.05) is 25.1 Å². The van der Waals surface area contributed by atoms with Crippen LogP contribution in [0.15, 0.2) is 63.8 Å². The molecule has 1 aromatic heterocycles. The Hall–Kier alpha value is -2.98. The summed E-state index contributed by atoms with van der Waals surface area (Å²) in [5.74, 6) is 0.256. The molecule has 130 valence electrons. The van der Waals surface area contributed by atoms with E-state index in [1.54, 1.807) is 30.3 Å². The fourth-order valence-corrected chi connectivity index (χ4v) is 3.05. The Balaban J connectivity index is 1.78. The zero-order valence-corrected chi connectivity index (χ0v) is 14.7. The van der Waals surface area contributed by atoms with Crippen molar-refractivity contribution in [3.8, 4) is 11.5 Å². The van der Waals surface area contributed by atoms with Crippen molar-refractivity contribution in [2.24, 2.45) is 0 Å². The minimum Gasteiger partial charge on any atom is -0.507 e. The molecular weight excluding hydrogens is 352 g/mol. The molecule has 0 saturated carbocycles. The van der Waals surface area contributed by atoms with E-state index in [-0.39, 0.29) is 16.6 Å². The van der Waals surface area contributed by atoms with Crippen LogP contribution in [-0.4, -0.2) is 5.11 Å². The van der Waals surface area contributed by atoms with Gasteiger partial charge in [0.25, 0.3) is 0 Å². The minimum atomic E-state index is -0.258. The number of aryl methyl sites for hydroxylation is 1. The fraction of sp³-hybridized carbons (Fsp3) is 0.0952. The highest BCUT2D eigenvalue weighted by atomic mass is 35.5. The maximum atomic E-state index is 12.7. The maximum Gasteiger partial charge on any atom is 0.204 e. The van der Waals surface area contributed by atoms with Crippen molar-refractivity contribution < 1.29 is 14.3 Å². The van der Waals surface area contributed by atoms with Crippen molar-refractivity contribution in [3.63, 3.8) is 0 Å². The van der Waals surface area contributed by atoms with E-state index < -0.39 is 0 Å². The monoisotopic (exact) mass is 366 g/mol. The number of benzene rings is 3. The van der Waals surface area contributed by atoms with Gasteiger partial charge in [0.15, 0.2) is 0 Å². The molecule has 5 heteroatoms. The first kappa shape index (κ1) is 16.5. The summed E-state index contributed by atoms with van der Waals surface area (Å²) in [5, 5.41) is 11.6. The Labute approximate surface area is 154 Å². The highest BCUT2D eigenvalue weighted by Crippen LogP contribution is 2.31. The van der Waals surface area contributed by atoms with Crippen LogP contribution in [0.25, 0.3) is 21.9 Å². The quantitative estimate of drug-likeness (QED) is 0.507. The molecule has 0 aliphatic carbocycles. The fourth-order valence-electron chi connectivity index (χ4n) is 2.93. The van der Waals surface area contributed by atoms with Crippen molar-refractivity contribution in [1.29, 1.82) is 0 Å². The number of rotatable bonds is 3. The van der Waals surface area contributed by atoms with Gasteiger partial charge < -0.3 is 14.3 Å². The number of halogens is 1. The van der Waals surface area contributed by atoms with E-state index >= 15 is 0 Å². The predicted octanol–water partition coefficient (Wildman–Crippen LogP) is 5.19. The van der Waals surface area contributed by atoms with Crippen molar-refractivity contribution in [2.45, 2.75) is 13.5 Å². The van der Waals surface area contributed by atoms with E-state index in [9.17, 15) is 9.90 Å². The van der Waals surface area contributed by atoms with Crippen LogP contribution >= 0.6 is 11.6 Å². The molecule has 1 heterocycles. The van der Waals surface area contributed by atoms with Crippen molar-refractivity contribution >= 4 is 33.5 Å². The molecule has 4 rings (SSSR count). The second-order valence-corrected chi connectivity index (χ2v) is 6.55. The number of phenols is 1. The molecule has 0 fully saturated rings. The topological polar surface area (TPSA) is 59.7 Å². The molecule has 4 nitrogen and oxygen atoms in total. The molecule has 0 unspecified atom stereocenters. The molecule has 0 atom stereocenters. The van der Waals surface area contributed by atoms with Gasteiger partial charge in [-0.15, -0.1) is 0 Å². The normalized spacial score (nSPS) is 11.2. The third kappa shape index (κ3) is 2.89. The zero-order chi connectivity index (χ0) is 18.3. The van der Waals surface area contributed by atoms with E-state index in [2.05, 4.69) is 0 Å². The van der Waals surface area contributed by atoms with Crippen molar-refractivity contribution in [3.05, 3.63) is 81.0 Å². The number of hydrogen-bond donors (Lipinski definition) is 1. The largest absolute Gasteiger partial charge is 0.507 e. The first-order chi connectivity index (χ1) is 12.5. The molecule has 1 N–H and O–H groups in total. The van der Waals surface area contributed by atoms with Gasteiger partial charge in [0.1, 0.15) is 34.7 Å². The third-order valence-corrected chi connectivity index (χ3v) is 4.52. The lowest BCUT2D eigenvalue weighted by Crippen LogP contribution is -2.04. The summed E-state index contributed by atoms with van der Waals surface area (Å²) in [6, 6.07) is 15.7. The minimum absolute atomic E-state index is 0.155. The average Bonchev–Trinajstić information content (AvgIpc) is 2.62. The highest BCUT2D eigenvalue weighted by Gasteiger charge is 2.14. The van der Waals surface area contributed by atoms with E-state index in [0.717, 1.165) is 11.1 Å². The summed E-state index contributed by atoms with van der Waals surface area (Å²) < 4.78 is 11.6. The Kier molecular flexibility index (Phi) is 4.05. The van der Waals surface area contributed by atoms with Gasteiger partial charge >= 0.3 is 0 Å². The third-order valence-electron chi connectivity index (χ3n) is 4.27. The standard InChI is InChI=1S/C21H15ClO4/c1-12-3-2-4-16-20(24)19-17(23)9-15(10-18(19)26-21(12)16)25-11-13-5-7-14(22)8-6-13/h2-10,23H,11H2,1H3. The van der Waals surface area contributed by atoms with Crippen LogP contribution in [0.2, 0.25) is 5.02 Å². The molecule has 0 amide bonds. The summed E-state index contributed by atoms with van der Waals surface area (Å²) >= 11 is 5.87. The van der Waals surface area contributed by atoms with E-state index in [1.165, 1.54) is 6.07 Å². The van der Waals surface area contributed by atoms with Gasteiger partial charge in [0.05, 0.1) is 5.39 Å². The van der Waals surface area contributed by atoms with E-state index in [4.69, 9.17) is 20.8 Å². The van der Waals surface area contributed by atoms with Crippen molar-refractivity contribution in [1.82, 2.24) is 0 Å². The molecule has 4 aromatic rings. The van der Waals surface area contributed by atoms with Crippen molar-refractivity contribution in [2.75, 3.05) is 0 Å². The van der Waals surface area contributed by atoms with Crippen LogP contribution in [0.3, 0.4) is 0 Å². The van der Waals surface area contributed by atoms with Crippen LogP contribution in [-0.2, 0) is 6.61 Å². The Morgan fingerprint density at radius 1 is 1.12 bits per heavy atom. The number of para-hydroxylation sites is 1. The molecule has 26 heavy (non-hydrogen) atoms. The van der Waals surface area contributed by atoms with Gasteiger partial charge in [-0.25, -0.2) is 0 Å². The van der Waals surface area contributed by atoms with Gasteiger partial charge in [0.2, 0.25) is 5.43 Å². The lowest BCUT2D eigenvalue weighted by Gasteiger charge is -2.10. The smallest absolute Gasteiger partial charge is 0.204 e. The lowest BCUT2D eigenvalue weighted by atomic mass is 10.1. The number of hydrogen-bond acceptors (Lipinski definition) is 4. The molecule has 0 bridgehead atoms. The average molecular weight is 367 g/mol. The Morgan fingerprint density at radius 3 is 2.65 bits per heavy atom. The summed E-state index contributed by atoms with van der Waals surface area (Å²) in [5.41, 5.74) is 2.34. The molecular formula is C21H15ClO4. The van der Waals surface area contributed by atoms with Gasteiger partial charge in [0, 0.05) is 17.2 Å². The first-order valence-corrected chi connectivity index (χ1v) is 8.47. The lowest BCUT2D eigenvalue weighted by molar-refractivity contribution is 0.304. The van der Waals surface area contributed by atoms with Crippen LogP contribution in [0.4, 0.5) is 0 Å². The molecule has 3 aromatic carbocycles. The molecule has 0 saturated heterocycles. The second-order valence-electron chi connectivity index (χ2n) is 6.11. The van der Waals surface area contributed by atoms with Crippen LogP contribution in [0.1, 0.15) is 11.1 Å². The van der Waals surface area contributed by atoms with Gasteiger partial charge in [-0.1, -0.05) is 35.9 Å². The first-order valence-electron chi connectivity index (χ1n) is 8.09. The van der Waals surface area contributed by atoms with E-state index in [0.29, 0.717) is 33.9 Å². The molecule has 0 aliphatic rings. The summed E-state index contributed by atoms with van der Waals surface area (Å²) in [6.45, 7) is 2.18. The van der Waals surface area contributed by atoms with Crippen LogP contribution < -0.4 is 10.2 Å². The number of fused-ring (bicyclic) bond motifs is 2. The molecule has 0 radical (unpaired) electrons. The molecule has 0 aliphatic heterocycles. The van der Waals surface area contributed by atoms with Crippen LogP contribution in [0, 0.1) is 6.92 Å². The Bertz CT molecular complexity index is 1180.